The molecule has 0 aromatic heterocycles. The van der Waals surface area contributed by atoms with E-state index in [1.165, 1.54) is 25.7 Å². The standard InChI is InChI=1S/C15H27N3/c1-4-9-17-15(11-16,13-6-7-13)12-18-10-5-8-14(18,2)3/h13,17H,4-10,12H2,1-3H3. The number of likely N-dealkylation sites (tertiary alicyclic amines) is 1. The van der Waals surface area contributed by atoms with Gasteiger partial charge in [0.2, 0.25) is 0 Å². The molecule has 2 aliphatic rings. The zero-order chi connectivity index (χ0) is 13.2. The van der Waals surface area contributed by atoms with Crippen molar-refractivity contribution in [1.29, 1.82) is 5.26 Å². The van der Waals surface area contributed by atoms with Gasteiger partial charge in [-0.2, -0.15) is 5.26 Å². The molecule has 1 saturated heterocycles. The van der Waals surface area contributed by atoms with Crippen molar-refractivity contribution in [1.82, 2.24) is 10.2 Å². The molecule has 1 heterocycles. The zero-order valence-electron chi connectivity index (χ0n) is 12.1. The average molecular weight is 249 g/mol. The molecule has 3 heteroatoms. The summed E-state index contributed by atoms with van der Waals surface area (Å²) in [5, 5.41) is 13.3. The number of nitrogens with zero attached hydrogens (tertiary/aromatic N) is 2. The van der Waals surface area contributed by atoms with E-state index in [1.807, 2.05) is 0 Å². The molecule has 2 fully saturated rings. The highest BCUT2D eigenvalue weighted by atomic mass is 15.2. The van der Waals surface area contributed by atoms with E-state index in [9.17, 15) is 5.26 Å². The van der Waals surface area contributed by atoms with E-state index < -0.39 is 0 Å². The summed E-state index contributed by atoms with van der Waals surface area (Å²) >= 11 is 0. The van der Waals surface area contributed by atoms with Crippen LogP contribution in [0.4, 0.5) is 0 Å². The second kappa shape index (κ2) is 5.19. The summed E-state index contributed by atoms with van der Waals surface area (Å²) in [6.07, 6.45) is 6.07. The molecular formula is C15H27N3. The fraction of sp³-hybridized carbons (Fsp3) is 0.933. The molecule has 1 aliphatic heterocycles. The van der Waals surface area contributed by atoms with Crippen molar-refractivity contribution in [2.24, 2.45) is 5.92 Å². The number of nitriles is 1. The highest BCUT2D eigenvalue weighted by Gasteiger charge is 2.48. The van der Waals surface area contributed by atoms with Crippen LogP contribution in [0.25, 0.3) is 0 Å². The summed E-state index contributed by atoms with van der Waals surface area (Å²) in [7, 11) is 0. The van der Waals surface area contributed by atoms with Gasteiger partial charge in [-0.25, -0.2) is 0 Å². The van der Waals surface area contributed by atoms with Gasteiger partial charge in [-0.1, -0.05) is 6.92 Å². The molecule has 0 bridgehead atoms. The maximum absolute atomic E-state index is 9.70. The Morgan fingerprint density at radius 3 is 2.61 bits per heavy atom. The Morgan fingerprint density at radius 1 is 1.44 bits per heavy atom. The summed E-state index contributed by atoms with van der Waals surface area (Å²) in [5.41, 5.74) is -0.0253. The SMILES string of the molecule is CCCNC(C#N)(CN1CCCC1(C)C)C1CC1. The van der Waals surface area contributed by atoms with Crippen LogP contribution in [0.2, 0.25) is 0 Å². The number of rotatable bonds is 6. The van der Waals surface area contributed by atoms with E-state index in [0.29, 0.717) is 5.92 Å². The molecule has 1 N–H and O–H groups in total. The normalized spacial score (nSPS) is 26.8. The van der Waals surface area contributed by atoms with Crippen molar-refractivity contribution in [3.63, 3.8) is 0 Å². The first kappa shape index (κ1) is 13.8. The van der Waals surface area contributed by atoms with E-state index in [1.54, 1.807) is 0 Å². The fourth-order valence-corrected chi connectivity index (χ4v) is 3.18. The van der Waals surface area contributed by atoms with Crippen molar-refractivity contribution in [3.8, 4) is 6.07 Å². The van der Waals surface area contributed by atoms with E-state index in [4.69, 9.17) is 0 Å². The molecule has 1 saturated carbocycles. The third kappa shape index (κ3) is 2.70. The third-order valence-corrected chi connectivity index (χ3v) is 4.68. The second-order valence-corrected chi connectivity index (χ2v) is 6.62. The van der Waals surface area contributed by atoms with Crippen LogP contribution >= 0.6 is 0 Å². The van der Waals surface area contributed by atoms with E-state index in [0.717, 1.165) is 26.1 Å². The monoisotopic (exact) mass is 249 g/mol. The van der Waals surface area contributed by atoms with Gasteiger partial charge >= 0.3 is 0 Å². The first-order valence-corrected chi connectivity index (χ1v) is 7.45. The smallest absolute Gasteiger partial charge is 0.122 e. The van der Waals surface area contributed by atoms with Gasteiger partial charge in [0.25, 0.3) is 0 Å². The summed E-state index contributed by atoms with van der Waals surface area (Å²) < 4.78 is 0. The average Bonchev–Trinajstić information content (AvgIpc) is 3.12. The number of nitrogens with one attached hydrogen (secondary N) is 1. The number of hydrogen-bond acceptors (Lipinski definition) is 3. The quantitative estimate of drug-likeness (QED) is 0.786. The Kier molecular flexibility index (Phi) is 3.99. The molecule has 1 unspecified atom stereocenters. The number of hydrogen-bond donors (Lipinski definition) is 1. The Bertz CT molecular complexity index is 327. The van der Waals surface area contributed by atoms with Gasteiger partial charge in [-0.15, -0.1) is 0 Å². The van der Waals surface area contributed by atoms with Gasteiger partial charge in [0, 0.05) is 12.1 Å². The Hall–Kier alpha value is -0.590. The molecule has 0 radical (unpaired) electrons. The van der Waals surface area contributed by atoms with Crippen LogP contribution in [0.15, 0.2) is 0 Å². The molecule has 0 spiro atoms. The van der Waals surface area contributed by atoms with Gasteiger partial charge < -0.3 is 0 Å². The fourth-order valence-electron chi connectivity index (χ4n) is 3.18. The van der Waals surface area contributed by atoms with Crippen molar-refractivity contribution in [2.75, 3.05) is 19.6 Å². The van der Waals surface area contributed by atoms with Crippen molar-refractivity contribution in [2.45, 2.75) is 64.0 Å². The molecule has 3 nitrogen and oxygen atoms in total. The van der Waals surface area contributed by atoms with Crippen LogP contribution in [0.3, 0.4) is 0 Å². The van der Waals surface area contributed by atoms with Gasteiger partial charge in [0.05, 0.1) is 6.07 Å². The van der Waals surface area contributed by atoms with Gasteiger partial charge in [0.1, 0.15) is 5.54 Å². The van der Waals surface area contributed by atoms with Crippen molar-refractivity contribution < 1.29 is 0 Å². The minimum absolute atomic E-state index is 0.269. The topological polar surface area (TPSA) is 39.1 Å². The summed E-state index contributed by atoms with van der Waals surface area (Å²) in [6.45, 7) is 9.81. The van der Waals surface area contributed by atoms with Crippen LogP contribution in [0, 0.1) is 17.2 Å². The third-order valence-electron chi connectivity index (χ3n) is 4.68. The molecule has 18 heavy (non-hydrogen) atoms. The Labute approximate surface area is 112 Å². The minimum atomic E-state index is -0.294. The summed E-state index contributed by atoms with van der Waals surface area (Å²) in [6, 6.07) is 2.62. The molecule has 1 atom stereocenters. The lowest BCUT2D eigenvalue weighted by atomic mass is 9.91. The Morgan fingerprint density at radius 2 is 2.17 bits per heavy atom. The first-order valence-electron chi connectivity index (χ1n) is 7.45. The largest absolute Gasteiger partial charge is 0.298 e. The molecule has 1 aliphatic carbocycles. The molecule has 102 valence electrons. The predicted octanol–water partition coefficient (Wildman–Crippen LogP) is 2.53. The zero-order valence-corrected chi connectivity index (χ0v) is 12.1. The van der Waals surface area contributed by atoms with E-state index in [-0.39, 0.29) is 11.1 Å². The molecular weight excluding hydrogens is 222 g/mol. The van der Waals surface area contributed by atoms with Crippen LogP contribution in [-0.4, -0.2) is 35.6 Å². The van der Waals surface area contributed by atoms with Gasteiger partial charge in [-0.3, -0.25) is 10.2 Å². The molecule has 0 aromatic rings. The van der Waals surface area contributed by atoms with Crippen LogP contribution in [0.5, 0.6) is 0 Å². The second-order valence-electron chi connectivity index (χ2n) is 6.62. The maximum Gasteiger partial charge on any atom is 0.122 e. The maximum atomic E-state index is 9.70. The molecule has 2 rings (SSSR count). The lowest BCUT2D eigenvalue weighted by Gasteiger charge is -2.39. The van der Waals surface area contributed by atoms with E-state index in [2.05, 4.69) is 37.1 Å². The van der Waals surface area contributed by atoms with Crippen molar-refractivity contribution in [3.05, 3.63) is 0 Å². The van der Waals surface area contributed by atoms with Gasteiger partial charge in [-0.05, 0) is 65.0 Å². The van der Waals surface area contributed by atoms with E-state index >= 15 is 0 Å². The molecule has 0 aromatic carbocycles. The highest BCUT2D eigenvalue weighted by Crippen LogP contribution is 2.41. The first-order chi connectivity index (χ1) is 8.54. The lowest BCUT2D eigenvalue weighted by Crippen LogP contribution is -2.57. The summed E-state index contributed by atoms with van der Waals surface area (Å²) in [5.74, 6) is 0.574. The van der Waals surface area contributed by atoms with Crippen LogP contribution < -0.4 is 5.32 Å². The highest BCUT2D eigenvalue weighted by molar-refractivity contribution is 5.17. The van der Waals surface area contributed by atoms with Crippen LogP contribution in [-0.2, 0) is 0 Å². The molecule has 0 amide bonds. The van der Waals surface area contributed by atoms with Crippen molar-refractivity contribution >= 4 is 0 Å². The Balaban J connectivity index is 2.07. The predicted molar refractivity (Wildman–Crippen MR) is 74.2 cm³/mol. The van der Waals surface area contributed by atoms with Crippen LogP contribution in [0.1, 0.15) is 52.9 Å². The minimum Gasteiger partial charge on any atom is -0.298 e. The lowest BCUT2D eigenvalue weighted by molar-refractivity contribution is 0.129. The summed E-state index contributed by atoms with van der Waals surface area (Å²) in [4.78, 5) is 2.52. The van der Waals surface area contributed by atoms with Gasteiger partial charge in [0.15, 0.2) is 0 Å².